The first-order chi connectivity index (χ1) is 11.2. The molecule has 0 bridgehead atoms. The Morgan fingerprint density at radius 3 is 2.22 bits per heavy atom. The predicted molar refractivity (Wildman–Crippen MR) is 95.2 cm³/mol. The molecular formula is C20H18N2O. The van der Waals surface area contributed by atoms with Crippen molar-refractivity contribution in [3.05, 3.63) is 84.0 Å². The number of hydrazone groups is 1. The maximum Gasteiger partial charge on any atom is 0.281 e. The summed E-state index contributed by atoms with van der Waals surface area (Å²) < 4.78 is 0. The van der Waals surface area contributed by atoms with E-state index in [1.165, 1.54) is 5.01 Å². The summed E-state index contributed by atoms with van der Waals surface area (Å²) in [5.41, 5.74) is 4.07. The number of para-hydroxylation sites is 1. The van der Waals surface area contributed by atoms with Crippen molar-refractivity contribution in [1.82, 2.24) is 0 Å². The molecule has 1 heterocycles. The summed E-state index contributed by atoms with van der Waals surface area (Å²) in [4.78, 5) is 12.9. The van der Waals surface area contributed by atoms with Crippen LogP contribution in [-0.4, -0.2) is 11.6 Å². The second kappa shape index (κ2) is 6.44. The molecule has 0 unspecified atom stereocenters. The maximum atomic E-state index is 12.9. The molecule has 2 aromatic carbocycles. The van der Waals surface area contributed by atoms with Crippen molar-refractivity contribution in [3.63, 3.8) is 0 Å². The van der Waals surface area contributed by atoms with Gasteiger partial charge in [-0.25, -0.2) is 0 Å². The summed E-state index contributed by atoms with van der Waals surface area (Å²) >= 11 is 0. The van der Waals surface area contributed by atoms with Gasteiger partial charge in [0.25, 0.3) is 5.91 Å². The van der Waals surface area contributed by atoms with E-state index >= 15 is 0 Å². The monoisotopic (exact) mass is 302 g/mol. The number of carbonyl (C=O) groups is 1. The van der Waals surface area contributed by atoms with Crippen LogP contribution in [0.3, 0.4) is 0 Å². The zero-order valence-corrected chi connectivity index (χ0v) is 13.2. The standard InChI is InChI=1S/C20H18N2O/c1-3-10-18(16-11-6-4-7-12-16)19-15(2)21-22(20(19)23)17-13-8-5-9-14-17/h3-14H,1-2H3/b10-3?,19-18-. The van der Waals surface area contributed by atoms with E-state index < -0.39 is 0 Å². The Kier molecular flexibility index (Phi) is 4.20. The first-order valence-electron chi connectivity index (χ1n) is 7.60. The second-order valence-corrected chi connectivity index (χ2v) is 5.29. The molecule has 3 heteroatoms. The lowest BCUT2D eigenvalue weighted by molar-refractivity contribution is -0.114. The molecule has 0 N–H and O–H groups in total. The SMILES string of the molecule is CC=C/C(=C1/C(=O)N(c2ccccc2)N=C1C)c1ccccc1. The lowest BCUT2D eigenvalue weighted by Crippen LogP contribution is -2.21. The molecule has 0 aliphatic carbocycles. The first kappa shape index (κ1) is 15.0. The lowest BCUT2D eigenvalue weighted by atomic mass is 9.96. The molecule has 1 aliphatic heterocycles. The van der Waals surface area contributed by atoms with Crippen molar-refractivity contribution in [2.24, 2.45) is 5.10 Å². The van der Waals surface area contributed by atoms with Gasteiger partial charge in [-0.3, -0.25) is 4.79 Å². The fourth-order valence-electron chi connectivity index (χ4n) is 2.67. The van der Waals surface area contributed by atoms with E-state index in [9.17, 15) is 4.79 Å². The van der Waals surface area contributed by atoms with Crippen LogP contribution in [0.1, 0.15) is 19.4 Å². The highest BCUT2D eigenvalue weighted by molar-refractivity contribution is 6.34. The fraction of sp³-hybridized carbons (Fsp3) is 0.100. The van der Waals surface area contributed by atoms with Crippen molar-refractivity contribution in [1.29, 1.82) is 0 Å². The number of amides is 1. The zero-order chi connectivity index (χ0) is 16.2. The third kappa shape index (κ3) is 2.86. The Morgan fingerprint density at radius 2 is 1.61 bits per heavy atom. The van der Waals surface area contributed by atoms with Crippen molar-refractivity contribution in [3.8, 4) is 0 Å². The molecule has 0 aromatic heterocycles. The van der Waals surface area contributed by atoms with Crippen LogP contribution < -0.4 is 5.01 Å². The summed E-state index contributed by atoms with van der Waals surface area (Å²) in [5.74, 6) is -0.0920. The van der Waals surface area contributed by atoms with Gasteiger partial charge in [0.2, 0.25) is 0 Å². The third-order valence-corrected chi connectivity index (χ3v) is 3.71. The quantitative estimate of drug-likeness (QED) is 0.771. The number of benzene rings is 2. The minimum absolute atomic E-state index is 0.0920. The Bertz CT molecular complexity index is 802. The van der Waals surface area contributed by atoms with Gasteiger partial charge in [0, 0.05) is 0 Å². The zero-order valence-electron chi connectivity index (χ0n) is 13.2. The number of allylic oxidation sites excluding steroid dienone is 3. The van der Waals surface area contributed by atoms with Crippen LogP contribution in [0.5, 0.6) is 0 Å². The van der Waals surface area contributed by atoms with E-state index in [-0.39, 0.29) is 5.91 Å². The number of carbonyl (C=O) groups excluding carboxylic acids is 1. The van der Waals surface area contributed by atoms with Gasteiger partial charge in [-0.1, -0.05) is 60.7 Å². The Morgan fingerprint density at radius 1 is 1.00 bits per heavy atom. The number of hydrogen-bond acceptors (Lipinski definition) is 2. The highest BCUT2D eigenvalue weighted by Gasteiger charge is 2.31. The molecule has 2 aromatic rings. The van der Waals surface area contributed by atoms with Gasteiger partial charge in [-0.2, -0.15) is 10.1 Å². The van der Waals surface area contributed by atoms with E-state index in [2.05, 4.69) is 5.10 Å². The summed E-state index contributed by atoms with van der Waals surface area (Å²) in [7, 11) is 0. The van der Waals surface area contributed by atoms with Crippen molar-refractivity contribution in [2.75, 3.05) is 5.01 Å². The number of hydrogen-bond donors (Lipinski definition) is 0. The molecule has 114 valence electrons. The maximum absolute atomic E-state index is 12.9. The molecule has 1 aliphatic rings. The number of nitrogens with zero attached hydrogens (tertiary/aromatic N) is 2. The van der Waals surface area contributed by atoms with Crippen molar-refractivity contribution in [2.45, 2.75) is 13.8 Å². The minimum atomic E-state index is -0.0920. The fourth-order valence-corrected chi connectivity index (χ4v) is 2.67. The Hall–Kier alpha value is -2.94. The van der Waals surface area contributed by atoms with Gasteiger partial charge >= 0.3 is 0 Å². The van der Waals surface area contributed by atoms with Crippen LogP contribution in [0.2, 0.25) is 0 Å². The van der Waals surface area contributed by atoms with Crippen LogP contribution >= 0.6 is 0 Å². The predicted octanol–water partition coefficient (Wildman–Crippen LogP) is 4.44. The molecule has 23 heavy (non-hydrogen) atoms. The van der Waals surface area contributed by atoms with Gasteiger partial charge in [-0.05, 0) is 37.1 Å². The van der Waals surface area contributed by atoms with Crippen molar-refractivity contribution >= 4 is 22.9 Å². The molecule has 0 radical (unpaired) electrons. The molecule has 0 saturated carbocycles. The van der Waals surface area contributed by atoms with Crippen LogP contribution in [0.15, 0.2) is 83.5 Å². The van der Waals surface area contributed by atoms with Gasteiger partial charge in [0.15, 0.2) is 0 Å². The lowest BCUT2D eigenvalue weighted by Gasteiger charge is -2.12. The van der Waals surface area contributed by atoms with Crippen LogP contribution in [-0.2, 0) is 4.79 Å². The summed E-state index contributed by atoms with van der Waals surface area (Å²) in [5, 5.41) is 5.93. The van der Waals surface area contributed by atoms with Crippen molar-refractivity contribution < 1.29 is 4.79 Å². The van der Waals surface area contributed by atoms with E-state index in [1.54, 1.807) is 0 Å². The highest BCUT2D eigenvalue weighted by atomic mass is 16.2. The molecule has 0 spiro atoms. The minimum Gasteiger partial charge on any atom is -0.267 e. The average molecular weight is 302 g/mol. The van der Waals surface area contributed by atoms with E-state index in [4.69, 9.17) is 0 Å². The average Bonchev–Trinajstić information content (AvgIpc) is 2.89. The van der Waals surface area contributed by atoms with Gasteiger partial charge in [0.05, 0.1) is 17.0 Å². The largest absolute Gasteiger partial charge is 0.281 e. The van der Waals surface area contributed by atoms with Crippen LogP contribution in [0.4, 0.5) is 5.69 Å². The van der Waals surface area contributed by atoms with E-state index in [1.807, 2.05) is 86.7 Å². The molecule has 0 fully saturated rings. The third-order valence-electron chi connectivity index (χ3n) is 3.71. The van der Waals surface area contributed by atoms with Gasteiger partial charge in [-0.15, -0.1) is 0 Å². The Labute approximate surface area is 136 Å². The molecule has 1 amide bonds. The smallest absolute Gasteiger partial charge is 0.267 e. The number of anilines is 1. The van der Waals surface area contributed by atoms with E-state index in [0.29, 0.717) is 5.57 Å². The topological polar surface area (TPSA) is 32.7 Å². The van der Waals surface area contributed by atoms with Gasteiger partial charge < -0.3 is 0 Å². The van der Waals surface area contributed by atoms with Crippen LogP contribution in [0, 0.1) is 0 Å². The molecule has 0 atom stereocenters. The Balaban J connectivity index is 2.11. The summed E-state index contributed by atoms with van der Waals surface area (Å²) in [6.07, 6.45) is 3.91. The molecule has 3 rings (SSSR count). The molecule has 3 nitrogen and oxygen atoms in total. The highest BCUT2D eigenvalue weighted by Crippen LogP contribution is 2.29. The first-order valence-corrected chi connectivity index (χ1v) is 7.60. The summed E-state index contributed by atoms with van der Waals surface area (Å²) in [6, 6.07) is 19.4. The molecule has 0 saturated heterocycles. The summed E-state index contributed by atoms with van der Waals surface area (Å²) in [6.45, 7) is 3.83. The van der Waals surface area contributed by atoms with Crippen LogP contribution in [0.25, 0.3) is 5.57 Å². The number of rotatable bonds is 3. The normalized spacial score (nSPS) is 16.9. The molecular weight excluding hydrogens is 284 g/mol. The second-order valence-electron chi connectivity index (χ2n) is 5.29. The van der Waals surface area contributed by atoms with Gasteiger partial charge in [0.1, 0.15) is 0 Å². The van der Waals surface area contributed by atoms with E-state index in [0.717, 1.165) is 22.5 Å².